The maximum Gasteiger partial charge on any atom is 0.176 e. The molecule has 0 heterocycles. The molecule has 0 saturated carbocycles. The van der Waals surface area contributed by atoms with Gasteiger partial charge in [0.1, 0.15) is 0 Å². The molecule has 100 valence electrons. The maximum absolute atomic E-state index is 12.0. The van der Waals surface area contributed by atoms with Gasteiger partial charge in [0, 0.05) is 10.5 Å². The molecular formula is C15H23NOS. The van der Waals surface area contributed by atoms with Crippen molar-refractivity contribution in [3.63, 3.8) is 0 Å². The molecule has 0 aromatic heterocycles. The van der Waals surface area contributed by atoms with Crippen molar-refractivity contribution in [3.05, 3.63) is 29.8 Å². The van der Waals surface area contributed by atoms with Crippen molar-refractivity contribution in [3.8, 4) is 0 Å². The van der Waals surface area contributed by atoms with Crippen molar-refractivity contribution >= 4 is 17.5 Å². The Morgan fingerprint density at radius 1 is 1.22 bits per heavy atom. The molecule has 0 aliphatic heterocycles. The molecule has 0 atom stereocenters. The van der Waals surface area contributed by atoms with E-state index in [2.05, 4.69) is 11.8 Å². The molecule has 0 aliphatic rings. The number of likely N-dealkylation sites (N-methyl/N-ethyl adjacent to an activating group) is 1. The van der Waals surface area contributed by atoms with Crippen molar-refractivity contribution in [2.45, 2.75) is 31.1 Å². The summed E-state index contributed by atoms with van der Waals surface area (Å²) >= 11 is 1.69. The maximum atomic E-state index is 12.0. The molecular weight excluding hydrogens is 242 g/mol. The first-order valence-electron chi connectivity index (χ1n) is 6.53. The van der Waals surface area contributed by atoms with E-state index in [9.17, 15) is 4.79 Å². The van der Waals surface area contributed by atoms with Gasteiger partial charge in [-0.25, -0.2) is 0 Å². The highest BCUT2D eigenvalue weighted by atomic mass is 32.2. The molecule has 0 amide bonds. The molecule has 0 spiro atoms. The average Bonchev–Trinajstić information content (AvgIpc) is 2.39. The summed E-state index contributed by atoms with van der Waals surface area (Å²) in [7, 11) is 2.02. The van der Waals surface area contributed by atoms with Gasteiger partial charge in [0.15, 0.2) is 5.78 Å². The Hall–Kier alpha value is -0.800. The lowest BCUT2D eigenvalue weighted by Crippen LogP contribution is -2.27. The van der Waals surface area contributed by atoms with Gasteiger partial charge >= 0.3 is 0 Å². The zero-order valence-corrected chi connectivity index (χ0v) is 12.4. The van der Waals surface area contributed by atoms with E-state index in [0.29, 0.717) is 6.54 Å². The number of carbonyl (C=O) groups is 1. The molecule has 0 bridgehead atoms. The Bertz CT molecular complexity index is 361. The van der Waals surface area contributed by atoms with E-state index >= 15 is 0 Å². The number of unbranched alkanes of at least 4 members (excludes halogenated alkanes) is 2. The number of hydrogen-bond donors (Lipinski definition) is 0. The fraction of sp³-hybridized carbons (Fsp3) is 0.533. The minimum atomic E-state index is 0.210. The van der Waals surface area contributed by atoms with Gasteiger partial charge in [-0.15, -0.1) is 11.8 Å². The van der Waals surface area contributed by atoms with Crippen LogP contribution in [-0.4, -0.2) is 37.1 Å². The molecule has 0 aliphatic carbocycles. The Balaban J connectivity index is 2.43. The van der Waals surface area contributed by atoms with E-state index in [1.54, 1.807) is 11.8 Å². The van der Waals surface area contributed by atoms with Gasteiger partial charge in [-0.3, -0.25) is 9.69 Å². The number of carbonyl (C=O) groups excluding carboxylic acids is 1. The number of thioether (sulfide) groups is 1. The number of Topliss-reactive ketones (excluding diaryl/α,β-unsaturated/α-hetero) is 1. The van der Waals surface area contributed by atoms with Gasteiger partial charge in [-0.05, 0) is 38.4 Å². The summed E-state index contributed by atoms with van der Waals surface area (Å²) < 4.78 is 0. The first-order valence-corrected chi connectivity index (χ1v) is 7.75. The summed E-state index contributed by atoms with van der Waals surface area (Å²) in [6.07, 6.45) is 5.67. The highest BCUT2D eigenvalue weighted by Gasteiger charge is 2.08. The fourth-order valence-corrected chi connectivity index (χ4v) is 2.23. The number of nitrogens with zero attached hydrogens (tertiary/aromatic N) is 1. The van der Waals surface area contributed by atoms with Crippen LogP contribution >= 0.6 is 11.8 Å². The summed E-state index contributed by atoms with van der Waals surface area (Å²) in [6, 6.07) is 7.87. The van der Waals surface area contributed by atoms with Gasteiger partial charge in [-0.2, -0.15) is 0 Å². The summed E-state index contributed by atoms with van der Waals surface area (Å²) in [5.41, 5.74) is 0.815. The molecule has 0 N–H and O–H groups in total. The average molecular weight is 265 g/mol. The summed E-state index contributed by atoms with van der Waals surface area (Å²) in [5.74, 6) is 0.210. The van der Waals surface area contributed by atoms with Crippen molar-refractivity contribution < 1.29 is 4.79 Å². The highest BCUT2D eigenvalue weighted by Crippen LogP contribution is 2.15. The second-order valence-corrected chi connectivity index (χ2v) is 5.48. The minimum Gasteiger partial charge on any atom is -0.299 e. The Morgan fingerprint density at radius 2 is 1.89 bits per heavy atom. The van der Waals surface area contributed by atoms with Crippen LogP contribution in [0.3, 0.4) is 0 Å². The predicted molar refractivity (Wildman–Crippen MR) is 79.6 cm³/mol. The van der Waals surface area contributed by atoms with Crippen LogP contribution in [-0.2, 0) is 0 Å². The van der Waals surface area contributed by atoms with Crippen molar-refractivity contribution in [2.75, 3.05) is 26.4 Å². The van der Waals surface area contributed by atoms with Crippen LogP contribution in [0.25, 0.3) is 0 Å². The number of hydrogen-bond acceptors (Lipinski definition) is 3. The summed E-state index contributed by atoms with van der Waals surface area (Å²) in [4.78, 5) is 15.3. The Morgan fingerprint density at radius 3 is 2.44 bits per heavy atom. The molecule has 1 aromatic carbocycles. The normalized spacial score (nSPS) is 10.9. The second-order valence-electron chi connectivity index (χ2n) is 4.60. The highest BCUT2D eigenvalue weighted by molar-refractivity contribution is 7.98. The number of ketones is 1. The van der Waals surface area contributed by atoms with Crippen LogP contribution in [0.15, 0.2) is 29.2 Å². The van der Waals surface area contributed by atoms with E-state index < -0.39 is 0 Å². The van der Waals surface area contributed by atoms with E-state index in [1.165, 1.54) is 24.2 Å². The zero-order chi connectivity index (χ0) is 13.4. The van der Waals surface area contributed by atoms with Crippen LogP contribution in [0.1, 0.15) is 36.5 Å². The van der Waals surface area contributed by atoms with Crippen molar-refractivity contribution in [2.24, 2.45) is 0 Å². The van der Waals surface area contributed by atoms with Crippen LogP contribution < -0.4 is 0 Å². The largest absolute Gasteiger partial charge is 0.299 e. The molecule has 0 radical (unpaired) electrons. The van der Waals surface area contributed by atoms with Gasteiger partial charge in [0.05, 0.1) is 6.54 Å². The first-order chi connectivity index (χ1) is 8.67. The van der Waals surface area contributed by atoms with Gasteiger partial charge in [0.2, 0.25) is 0 Å². The quantitative estimate of drug-likeness (QED) is 0.406. The zero-order valence-electron chi connectivity index (χ0n) is 11.6. The van der Waals surface area contributed by atoms with E-state index in [4.69, 9.17) is 0 Å². The lowest BCUT2D eigenvalue weighted by Gasteiger charge is -2.15. The van der Waals surface area contributed by atoms with Crippen LogP contribution in [0.4, 0.5) is 0 Å². The van der Waals surface area contributed by atoms with Crippen LogP contribution in [0, 0.1) is 0 Å². The summed E-state index contributed by atoms with van der Waals surface area (Å²) in [5, 5.41) is 0. The molecule has 2 nitrogen and oxygen atoms in total. The Labute approximate surface area is 115 Å². The monoisotopic (exact) mass is 265 g/mol. The predicted octanol–water partition coefficient (Wildman–Crippen LogP) is 3.71. The smallest absolute Gasteiger partial charge is 0.176 e. The standard InChI is InChI=1S/C15H23NOS/c1-4-5-6-11-16(2)12-15(17)13-7-9-14(18-3)10-8-13/h7-10H,4-6,11-12H2,1-3H3. The van der Waals surface area contributed by atoms with Gasteiger partial charge in [-0.1, -0.05) is 31.9 Å². The van der Waals surface area contributed by atoms with E-state index in [-0.39, 0.29) is 5.78 Å². The summed E-state index contributed by atoms with van der Waals surface area (Å²) in [6.45, 7) is 3.71. The molecule has 1 aromatic rings. The molecule has 18 heavy (non-hydrogen) atoms. The molecule has 0 saturated heterocycles. The lowest BCUT2D eigenvalue weighted by atomic mass is 10.1. The molecule has 3 heteroatoms. The van der Waals surface area contributed by atoms with Crippen molar-refractivity contribution in [1.82, 2.24) is 4.90 Å². The molecule has 0 fully saturated rings. The lowest BCUT2D eigenvalue weighted by molar-refractivity contribution is 0.0945. The topological polar surface area (TPSA) is 20.3 Å². The van der Waals surface area contributed by atoms with E-state index in [0.717, 1.165) is 12.1 Å². The van der Waals surface area contributed by atoms with Gasteiger partial charge in [0.25, 0.3) is 0 Å². The fourth-order valence-electron chi connectivity index (χ4n) is 1.82. The number of rotatable bonds is 8. The molecule has 0 unspecified atom stereocenters. The minimum absolute atomic E-state index is 0.210. The second kappa shape index (κ2) is 8.33. The first kappa shape index (κ1) is 15.3. The Kier molecular flexibility index (Phi) is 7.06. The van der Waals surface area contributed by atoms with Crippen LogP contribution in [0.5, 0.6) is 0 Å². The van der Waals surface area contributed by atoms with E-state index in [1.807, 2.05) is 37.6 Å². The molecule has 1 rings (SSSR count). The van der Waals surface area contributed by atoms with Crippen molar-refractivity contribution in [1.29, 1.82) is 0 Å². The van der Waals surface area contributed by atoms with Gasteiger partial charge < -0.3 is 0 Å². The SMILES string of the molecule is CCCCCN(C)CC(=O)c1ccc(SC)cc1. The third kappa shape index (κ3) is 5.23. The third-order valence-electron chi connectivity index (χ3n) is 2.97. The third-order valence-corrected chi connectivity index (χ3v) is 3.71. The van der Waals surface area contributed by atoms with Crippen LogP contribution in [0.2, 0.25) is 0 Å². The number of benzene rings is 1.